The number of tetrazole rings is 1. The minimum atomic E-state index is -0.620. The van der Waals surface area contributed by atoms with E-state index in [9.17, 15) is 4.79 Å². The standard InChI is InChI=1S/C15H14N6OS/c22-14(18-15-17-11-7-4-8-12(11)23-15)13(21-9-16-19-20-21)10-5-2-1-3-6-10/h1-3,5-6,9,13H,4,7-8H2,(H,17,18,22)/t13-/m0/s1. The van der Waals surface area contributed by atoms with E-state index in [1.54, 1.807) is 11.3 Å². The van der Waals surface area contributed by atoms with Crippen LogP contribution in [-0.4, -0.2) is 31.1 Å². The average molecular weight is 326 g/mol. The van der Waals surface area contributed by atoms with Crippen LogP contribution in [0.3, 0.4) is 0 Å². The molecule has 1 amide bonds. The van der Waals surface area contributed by atoms with Gasteiger partial charge in [0.05, 0.1) is 5.69 Å². The molecule has 0 fully saturated rings. The van der Waals surface area contributed by atoms with E-state index in [1.165, 1.54) is 15.9 Å². The van der Waals surface area contributed by atoms with Gasteiger partial charge >= 0.3 is 0 Å². The van der Waals surface area contributed by atoms with Crippen molar-refractivity contribution in [3.63, 3.8) is 0 Å². The summed E-state index contributed by atoms with van der Waals surface area (Å²) in [5, 5.41) is 14.7. The number of hydrogen-bond donors (Lipinski definition) is 1. The van der Waals surface area contributed by atoms with Crippen molar-refractivity contribution in [2.24, 2.45) is 0 Å². The molecule has 0 saturated heterocycles. The topological polar surface area (TPSA) is 85.6 Å². The van der Waals surface area contributed by atoms with Crippen LogP contribution in [0, 0.1) is 0 Å². The van der Waals surface area contributed by atoms with Crippen LogP contribution in [0.1, 0.15) is 28.6 Å². The van der Waals surface area contributed by atoms with E-state index in [-0.39, 0.29) is 5.91 Å². The van der Waals surface area contributed by atoms with Gasteiger partial charge in [0.2, 0.25) is 0 Å². The molecule has 1 N–H and O–H groups in total. The monoisotopic (exact) mass is 326 g/mol. The van der Waals surface area contributed by atoms with Gasteiger partial charge in [0, 0.05) is 4.88 Å². The molecule has 8 heteroatoms. The van der Waals surface area contributed by atoms with Crippen molar-refractivity contribution < 1.29 is 4.79 Å². The number of aromatic nitrogens is 5. The first-order valence-corrected chi connectivity index (χ1v) is 8.20. The summed E-state index contributed by atoms with van der Waals surface area (Å²) in [5.41, 5.74) is 1.94. The van der Waals surface area contributed by atoms with Crippen LogP contribution in [0.5, 0.6) is 0 Å². The van der Waals surface area contributed by atoms with Gasteiger partial charge in [-0.25, -0.2) is 9.67 Å². The fourth-order valence-corrected chi connectivity index (χ4v) is 3.82. The van der Waals surface area contributed by atoms with Crippen LogP contribution in [0.4, 0.5) is 5.13 Å². The van der Waals surface area contributed by atoms with E-state index in [2.05, 4.69) is 25.8 Å². The van der Waals surface area contributed by atoms with Gasteiger partial charge in [-0.15, -0.1) is 16.4 Å². The van der Waals surface area contributed by atoms with Crippen molar-refractivity contribution in [1.29, 1.82) is 0 Å². The molecular weight excluding hydrogens is 312 g/mol. The third-order valence-corrected chi connectivity index (χ3v) is 4.89. The Balaban J connectivity index is 1.62. The highest BCUT2D eigenvalue weighted by Gasteiger charge is 2.26. The Labute approximate surface area is 136 Å². The molecule has 0 spiro atoms. The Morgan fingerprint density at radius 2 is 2.13 bits per heavy atom. The lowest BCUT2D eigenvalue weighted by molar-refractivity contribution is -0.118. The number of thiazole rings is 1. The Morgan fingerprint density at radius 1 is 1.26 bits per heavy atom. The maximum absolute atomic E-state index is 12.8. The van der Waals surface area contributed by atoms with Crippen LogP contribution in [0.2, 0.25) is 0 Å². The van der Waals surface area contributed by atoms with Crippen LogP contribution in [0.25, 0.3) is 0 Å². The maximum atomic E-state index is 12.8. The maximum Gasteiger partial charge on any atom is 0.255 e. The van der Waals surface area contributed by atoms with E-state index < -0.39 is 6.04 Å². The first-order valence-electron chi connectivity index (χ1n) is 7.38. The quantitative estimate of drug-likeness (QED) is 0.791. The molecular formula is C15H14N6OS. The van der Waals surface area contributed by atoms with Gasteiger partial charge in [0.1, 0.15) is 6.33 Å². The zero-order valence-electron chi connectivity index (χ0n) is 12.2. The first kappa shape index (κ1) is 14.0. The van der Waals surface area contributed by atoms with Crippen molar-refractivity contribution in [3.8, 4) is 0 Å². The molecule has 2 aromatic heterocycles. The number of aryl methyl sites for hydroxylation is 2. The molecule has 1 aromatic carbocycles. The minimum absolute atomic E-state index is 0.198. The van der Waals surface area contributed by atoms with E-state index in [1.807, 2.05) is 30.3 Å². The lowest BCUT2D eigenvalue weighted by Gasteiger charge is -2.15. The zero-order valence-corrected chi connectivity index (χ0v) is 13.0. The summed E-state index contributed by atoms with van der Waals surface area (Å²) in [4.78, 5) is 18.6. The molecule has 2 heterocycles. The van der Waals surface area contributed by atoms with E-state index in [4.69, 9.17) is 0 Å². The minimum Gasteiger partial charge on any atom is -0.300 e. The number of nitrogens with zero attached hydrogens (tertiary/aromatic N) is 5. The van der Waals surface area contributed by atoms with Gasteiger partial charge in [-0.05, 0) is 35.3 Å². The normalized spacial score (nSPS) is 14.4. The number of anilines is 1. The van der Waals surface area contributed by atoms with Crippen LogP contribution < -0.4 is 5.32 Å². The second-order valence-electron chi connectivity index (χ2n) is 5.33. The lowest BCUT2D eigenvalue weighted by atomic mass is 10.1. The number of fused-ring (bicyclic) bond motifs is 1. The highest BCUT2D eigenvalue weighted by Crippen LogP contribution is 2.31. The first-order chi connectivity index (χ1) is 11.3. The second kappa shape index (κ2) is 5.88. The number of nitrogens with one attached hydrogen (secondary N) is 1. The number of rotatable bonds is 4. The lowest BCUT2D eigenvalue weighted by Crippen LogP contribution is -2.27. The number of hydrogen-bond acceptors (Lipinski definition) is 6. The number of benzene rings is 1. The number of amides is 1. The highest BCUT2D eigenvalue weighted by atomic mass is 32.1. The zero-order chi connectivity index (χ0) is 15.6. The van der Waals surface area contributed by atoms with Gasteiger partial charge in [-0.1, -0.05) is 30.3 Å². The highest BCUT2D eigenvalue weighted by molar-refractivity contribution is 7.15. The number of carbonyl (C=O) groups excluding carboxylic acids is 1. The van der Waals surface area contributed by atoms with Gasteiger partial charge in [-0.3, -0.25) is 10.1 Å². The molecule has 116 valence electrons. The second-order valence-corrected chi connectivity index (χ2v) is 6.42. The molecule has 1 atom stereocenters. The van der Waals surface area contributed by atoms with Crippen molar-refractivity contribution in [1.82, 2.24) is 25.2 Å². The van der Waals surface area contributed by atoms with Crippen molar-refractivity contribution in [2.45, 2.75) is 25.3 Å². The summed E-state index contributed by atoms with van der Waals surface area (Å²) in [7, 11) is 0. The molecule has 1 aliphatic rings. The van der Waals surface area contributed by atoms with Crippen LogP contribution in [-0.2, 0) is 17.6 Å². The third kappa shape index (κ3) is 2.72. The molecule has 0 unspecified atom stereocenters. The molecule has 0 radical (unpaired) electrons. The summed E-state index contributed by atoms with van der Waals surface area (Å²) >= 11 is 1.56. The molecule has 1 aliphatic carbocycles. The Kier molecular flexibility index (Phi) is 3.58. The summed E-state index contributed by atoms with van der Waals surface area (Å²) < 4.78 is 1.45. The summed E-state index contributed by atoms with van der Waals surface area (Å²) in [6.45, 7) is 0. The SMILES string of the molecule is O=C(Nc1nc2c(s1)CCC2)[C@H](c1ccccc1)n1cnnn1. The van der Waals surface area contributed by atoms with E-state index in [0.29, 0.717) is 5.13 Å². The molecule has 3 aromatic rings. The van der Waals surface area contributed by atoms with Crippen molar-refractivity contribution in [2.75, 3.05) is 5.32 Å². The van der Waals surface area contributed by atoms with E-state index in [0.717, 1.165) is 30.5 Å². The van der Waals surface area contributed by atoms with Gasteiger partial charge < -0.3 is 0 Å². The van der Waals surface area contributed by atoms with Crippen molar-refractivity contribution in [3.05, 3.63) is 52.8 Å². The fourth-order valence-electron chi connectivity index (χ4n) is 2.76. The average Bonchev–Trinajstić information content (AvgIpc) is 3.26. The Hall–Kier alpha value is -2.61. The summed E-state index contributed by atoms with van der Waals surface area (Å²) in [5.74, 6) is -0.198. The van der Waals surface area contributed by atoms with Crippen LogP contribution in [0.15, 0.2) is 36.7 Å². The Morgan fingerprint density at radius 3 is 2.87 bits per heavy atom. The molecule has 0 saturated carbocycles. The Bertz CT molecular complexity index is 792. The van der Waals surface area contributed by atoms with Crippen LogP contribution >= 0.6 is 11.3 Å². The van der Waals surface area contributed by atoms with E-state index >= 15 is 0 Å². The molecule has 7 nitrogen and oxygen atoms in total. The van der Waals surface area contributed by atoms with Gasteiger partial charge in [0.15, 0.2) is 11.2 Å². The summed E-state index contributed by atoms with van der Waals surface area (Å²) in [6, 6.07) is 8.82. The third-order valence-electron chi connectivity index (χ3n) is 3.82. The predicted molar refractivity (Wildman–Crippen MR) is 85.2 cm³/mol. The van der Waals surface area contributed by atoms with Gasteiger partial charge in [0.25, 0.3) is 5.91 Å². The predicted octanol–water partition coefficient (Wildman–Crippen LogP) is 1.85. The molecule has 4 rings (SSSR count). The fraction of sp³-hybridized carbons (Fsp3) is 0.267. The molecule has 23 heavy (non-hydrogen) atoms. The largest absolute Gasteiger partial charge is 0.300 e. The smallest absolute Gasteiger partial charge is 0.255 e. The molecule has 0 bridgehead atoms. The summed E-state index contributed by atoms with van der Waals surface area (Å²) in [6.07, 6.45) is 4.65. The van der Waals surface area contributed by atoms with Crippen molar-refractivity contribution >= 4 is 22.4 Å². The van der Waals surface area contributed by atoms with Gasteiger partial charge in [-0.2, -0.15) is 0 Å². The number of carbonyl (C=O) groups is 1. The molecule has 0 aliphatic heterocycles.